The van der Waals surface area contributed by atoms with E-state index in [0.29, 0.717) is 10.6 Å². The van der Waals surface area contributed by atoms with Crippen LogP contribution in [-0.4, -0.2) is 13.4 Å². The number of aryl methyl sites for hydroxylation is 3. The highest BCUT2D eigenvalue weighted by Crippen LogP contribution is 2.31. The summed E-state index contributed by atoms with van der Waals surface area (Å²) in [5, 5.41) is 0.921. The van der Waals surface area contributed by atoms with Crippen LogP contribution >= 0.6 is 11.3 Å². The number of nitrogens with zero attached hydrogens (tertiary/aromatic N) is 1. The summed E-state index contributed by atoms with van der Waals surface area (Å²) in [6, 6.07) is 19.0. The maximum Gasteiger partial charge on any atom is 0.262 e. The average Bonchev–Trinajstić information content (AvgIpc) is 3.07. The number of anilines is 1. The van der Waals surface area contributed by atoms with Gasteiger partial charge in [-0.05, 0) is 79.9 Å². The molecule has 0 bridgehead atoms. The van der Waals surface area contributed by atoms with E-state index in [2.05, 4.69) is 28.8 Å². The molecule has 0 spiro atoms. The molecule has 0 aliphatic rings. The Balaban J connectivity index is 1.61. The number of nitrogens with one attached hydrogen (secondary N) is 1. The van der Waals surface area contributed by atoms with Crippen LogP contribution in [0.3, 0.4) is 0 Å². The van der Waals surface area contributed by atoms with Crippen molar-refractivity contribution in [2.45, 2.75) is 25.7 Å². The van der Waals surface area contributed by atoms with E-state index in [9.17, 15) is 8.42 Å². The number of hydrogen-bond acceptors (Lipinski definition) is 4. The Kier molecular flexibility index (Phi) is 4.69. The molecule has 28 heavy (non-hydrogen) atoms. The van der Waals surface area contributed by atoms with Gasteiger partial charge in [0.25, 0.3) is 10.0 Å². The van der Waals surface area contributed by atoms with Crippen LogP contribution in [0.5, 0.6) is 0 Å². The monoisotopic (exact) mass is 408 g/mol. The second-order valence-electron chi connectivity index (χ2n) is 6.94. The third-order valence-electron chi connectivity index (χ3n) is 4.56. The zero-order chi connectivity index (χ0) is 19.9. The summed E-state index contributed by atoms with van der Waals surface area (Å²) in [6.07, 6.45) is 0. The highest BCUT2D eigenvalue weighted by atomic mass is 32.2. The van der Waals surface area contributed by atoms with Gasteiger partial charge in [0.2, 0.25) is 0 Å². The zero-order valence-corrected chi connectivity index (χ0v) is 17.5. The van der Waals surface area contributed by atoms with Crippen molar-refractivity contribution in [1.82, 2.24) is 4.98 Å². The normalized spacial score (nSPS) is 11.7. The van der Waals surface area contributed by atoms with Crippen LogP contribution in [-0.2, 0) is 10.0 Å². The Morgan fingerprint density at radius 2 is 1.54 bits per heavy atom. The predicted octanol–water partition coefficient (Wildman–Crippen LogP) is 5.69. The molecule has 0 radical (unpaired) electrons. The molecule has 4 rings (SSSR count). The molecule has 0 aliphatic heterocycles. The summed E-state index contributed by atoms with van der Waals surface area (Å²) >= 11 is 1.63. The summed E-state index contributed by atoms with van der Waals surface area (Å²) in [6.45, 7) is 5.74. The van der Waals surface area contributed by atoms with Gasteiger partial charge in [0, 0.05) is 11.3 Å². The van der Waals surface area contributed by atoms with Gasteiger partial charge in [-0.15, -0.1) is 11.3 Å². The number of sulfonamides is 1. The SMILES string of the molecule is Cc1ccc(C)c(S(=O)(=O)Nc2ccc(-c3nc4ccc(C)cc4s3)cc2)c1. The van der Waals surface area contributed by atoms with Crippen LogP contribution in [0.15, 0.2) is 65.6 Å². The lowest BCUT2D eigenvalue weighted by Gasteiger charge is -2.11. The number of hydrogen-bond donors (Lipinski definition) is 1. The summed E-state index contributed by atoms with van der Waals surface area (Å²) in [5.41, 5.74) is 5.31. The van der Waals surface area contributed by atoms with Gasteiger partial charge in [-0.25, -0.2) is 13.4 Å². The van der Waals surface area contributed by atoms with Crippen molar-refractivity contribution in [3.63, 3.8) is 0 Å². The number of rotatable bonds is 4. The fraction of sp³-hybridized carbons (Fsp3) is 0.136. The molecule has 0 amide bonds. The molecular weight excluding hydrogens is 388 g/mol. The first-order valence-electron chi connectivity index (χ1n) is 8.89. The standard InChI is InChI=1S/C22H20N2O2S2/c1-14-5-11-19-20(12-14)27-22(23-19)17-7-9-18(10-8-17)24-28(25,26)21-13-15(2)4-6-16(21)3/h4-13,24H,1-3H3. The van der Waals surface area contributed by atoms with E-state index in [1.165, 1.54) is 5.56 Å². The Morgan fingerprint density at radius 1 is 0.857 bits per heavy atom. The lowest BCUT2D eigenvalue weighted by atomic mass is 10.2. The van der Waals surface area contributed by atoms with Crippen molar-refractivity contribution in [3.8, 4) is 10.6 Å². The molecule has 0 aliphatic carbocycles. The second kappa shape index (κ2) is 7.04. The minimum Gasteiger partial charge on any atom is -0.280 e. The predicted molar refractivity (Wildman–Crippen MR) is 117 cm³/mol. The fourth-order valence-corrected chi connectivity index (χ4v) is 5.50. The van der Waals surface area contributed by atoms with E-state index in [0.717, 1.165) is 31.9 Å². The first-order valence-corrected chi connectivity index (χ1v) is 11.2. The van der Waals surface area contributed by atoms with E-state index in [4.69, 9.17) is 0 Å². The highest BCUT2D eigenvalue weighted by Gasteiger charge is 2.17. The third kappa shape index (κ3) is 3.66. The summed E-state index contributed by atoms with van der Waals surface area (Å²) < 4.78 is 29.3. The fourth-order valence-electron chi connectivity index (χ4n) is 3.04. The van der Waals surface area contributed by atoms with Crippen LogP contribution in [0.2, 0.25) is 0 Å². The maximum absolute atomic E-state index is 12.8. The van der Waals surface area contributed by atoms with E-state index in [1.807, 2.05) is 37.3 Å². The van der Waals surface area contributed by atoms with Crippen LogP contribution in [0.25, 0.3) is 20.8 Å². The van der Waals surface area contributed by atoms with Gasteiger partial charge in [-0.2, -0.15) is 0 Å². The van der Waals surface area contributed by atoms with Crippen molar-refractivity contribution in [1.29, 1.82) is 0 Å². The Morgan fingerprint density at radius 3 is 2.29 bits per heavy atom. The second-order valence-corrected chi connectivity index (χ2v) is 9.62. The van der Waals surface area contributed by atoms with E-state index in [1.54, 1.807) is 36.5 Å². The molecule has 4 nitrogen and oxygen atoms in total. The Hall–Kier alpha value is -2.70. The van der Waals surface area contributed by atoms with E-state index < -0.39 is 10.0 Å². The molecule has 0 saturated carbocycles. The van der Waals surface area contributed by atoms with Gasteiger partial charge in [0.05, 0.1) is 15.1 Å². The van der Waals surface area contributed by atoms with Gasteiger partial charge in [-0.3, -0.25) is 4.72 Å². The molecule has 1 N–H and O–H groups in total. The smallest absolute Gasteiger partial charge is 0.262 e. The molecule has 0 unspecified atom stereocenters. The van der Waals surface area contributed by atoms with Gasteiger partial charge in [0.1, 0.15) is 5.01 Å². The lowest BCUT2D eigenvalue weighted by Crippen LogP contribution is -2.14. The molecule has 4 aromatic rings. The van der Waals surface area contributed by atoms with Crippen LogP contribution in [0.4, 0.5) is 5.69 Å². The molecule has 0 saturated heterocycles. The molecule has 142 valence electrons. The average molecular weight is 409 g/mol. The van der Waals surface area contributed by atoms with E-state index >= 15 is 0 Å². The number of fused-ring (bicyclic) bond motifs is 1. The first-order chi connectivity index (χ1) is 13.3. The van der Waals surface area contributed by atoms with Gasteiger partial charge in [0.15, 0.2) is 0 Å². The lowest BCUT2D eigenvalue weighted by molar-refractivity contribution is 0.600. The topological polar surface area (TPSA) is 59.1 Å². The minimum absolute atomic E-state index is 0.304. The third-order valence-corrected chi connectivity index (χ3v) is 7.15. The molecule has 1 heterocycles. The van der Waals surface area contributed by atoms with Gasteiger partial charge in [-0.1, -0.05) is 18.2 Å². The molecule has 0 atom stereocenters. The van der Waals surface area contributed by atoms with Gasteiger partial charge >= 0.3 is 0 Å². The van der Waals surface area contributed by atoms with Crippen molar-refractivity contribution in [2.24, 2.45) is 0 Å². The van der Waals surface area contributed by atoms with Crippen molar-refractivity contribution in [2.75, 3.05) is 4.72 Å². The highest BCUT2D eigenvalue weighted by molar-refractivity contribution is 7.92. The maximum atomic E-state index is 12.8. The minimum atomic E-state index is -3.63. The molecule has 6 heteroatoms. The molecule has 1 aromatic heterocycles. The Bertz CT molecular complexity index is 1270. The number of thiazole rings is 1. The van der Waals surface area contributed by atoms with Crippen LogP contribution in [0, 0.1) is 20.8 Å². The summed E-state index contributed by atoms with van der Waals surface area (Å²) in [7, 11) is -3.63. The van der Waals surface area contributed by atoms with Crippen LogP contribution in [0.1, 0.15) is 16.7 Å². The van der Waals surface area contributed by atoms with Crippen molar-refractivity contribution in [3.05, 3.63) is 77.4 Å². The first kappa shape index (κ1) is 18.7. The van der Waals surface area contributed by atoms with Gasteiger partial charge < -0.3 is 0 Å². The molecule has 0 fully saturated rings. The molecular formula is C22H20N2O2S2. The quantitative estimate of drug-likeness (QED) is 0.472. The van der Waals surface area contributed by atoms with E-state index in [-0.39, 0.29) is 0 Å². The molecule has 3 aromatic carbocycles. The number of benzene rings is 3. The van der Waals surface area contributed by atoms with Crippen molar-refractivity contribution >= 4 is 37.3 Å². The largest absolute Gasteiger partial charge is 0.280 e. The zero-order valence-electron chi connectivity index (χ0n) is 15.9. The number of aromatic nitrogens is 1. The van der Waals surface area contributed by atoms with Crippen molar-refractivity contribution < 1.29 is 8.42 Å². The Labute approximate surface area is 168 Å². The van der Waals surface area contributed by atoms with Crippen LogP contribution < -0.4 is 4.72 Å². The summed E-state index contributed by atoms with van der Waals surface area (Å²) in [4.78, 5) is 4.98. The summed E-state index contributed by atoms with van der Waals surface area (Å²) in [5.74, 6) is 0.